The molecule has 0 radical (unpaired) electrons. The third-order valence-corrected chi connectivity index (χ3v) is 2.24. The highest BCUT2D eigenvalue weighted by Crippen LogP contribution is 2.34. The fourth-order valence-corrected chi connectivity index (χ4v) is 1.46. The van der Waals surface area contributed by atoms with Gasteiger partial charge in [0.25, 0.3) is 0 Å². The number of hydrogen-bond donors (Lipinski definition) is 1. The van der Waals surface area contributed by atoms with Gasteiger partial charge in [0.1, 0.15) is 6.61 Å². The number of para-hydroxylation sites is 1. The summed E-state index contributed by atoms with van der Waals surface area (Å²) in [6.45, 7) is 1.92. The van der Waals surface area contributed by atoms with E-state index in [4.69, 9.17) is 14.6 Å². The fourth-order valence-electron chi connectivity index (χ4n) is 0.994. The molecular formula is C10H13BrO3. The van der Waals surface area contributed by atoms with Gasteiger partial charge in [-0.05, 0) is 35.0 Å². The van der Waals surface area contributed by atoms with Gasteiger partial charge in [0.05, 0.1) is 17.7 Å². The second-order valence-electron chi connectivity index (χ2n) is 2.93. The predicted molar refractivity (Wildman–Crippen MR) is 57.9 cm³/mol. The molecule has 1 aromatic rings. The van der Waals surface area contributed by atoms with Gasteiger partial charge >= 0.3 is 0 Å². The minimum absolute atomic E-state index is 0.249. The van der Waals surface area contributed by atoms with E-state index in [-0.39, 0.29) is 6.61 Å². The first-order chi connectivity index (χ1) is 6.65. The normalized spacial score (nSPS) is 12.3. The first-order valence-corrected chi connectivity index (χ1v) is 5.07. The zero-order valence-electron chi connectivity index (χ0n) is 8.16. The van der Waals surface area contributed by atoms with E-state index in [9.17, 15) is 0 Å². The van der Waals surface area contributed by atoms with E-state index in [1.165, 1.54) is 0 Å². The molecule has 78 valence electrons. The number of hydrogen-bond acceptors (Lipinski definition) is 3. The van der Waals surface area contributed by atoms with Crippen LogP contribution >= 0.6 is 15.9 Å². The van der Waals surface area contributed by atoms with Gasteiger partial charge in [-0.15, -0.1) is 0 Å². The number of methoxy groups -OCH3 is 1. The van der Waals surface area contributed by atoms with Crippen LogP contribution in [-0.4, -0.2) is 24.9 Å². The molecule has 3 nitrogen and oxygen atoms in total. The van der Waals surface area contributed by atoms with Crippen molar-refractivity contribution in [2.45, 2.75) is 13.0 Å². The van der Waals surface area contributed by atoms with E-state index in [0.29, 0.717) is 11.5 Å². The SMILES string of the molecule is COc1cccc(Br)c1OCC(C)O. The molecule has 0 aliphatic heterocycles. The van der Waals surface area contributed by atoms with Gasteiger partial charge in [-0.2, -0.15) is 0 Å². The molecule has 1 aromatic carbocycles. The van der Waals surface area contributed by atoms with E-state index in [1.807, 2.05) is 18.2 Å². The quantitative estimate of drug-likeness (QED) is 0.903. The Balaban J connectivity index is 2.82. The largest absolute Gasteiger partial charge is 0.493 e. The Hall–Kier alpha value is -0.740. The standard InChI is InChI=1S/C10H13BrO3/c1-7(12)6-14-10-8(11)4-3-5-9(10)13-2/h3-5,7,12H,6H2,1-2H3. The highest BCUT2D eigenvalue weighted by atomic mass is 79.9. The van der Waals surface area contributed by atoms with Crippen LogP contribution < -0.4 is 9.47 Å². The van der Waals surface area contributed by atoms with E-state index >= 15 is 0 Å². The third-order valence-electron chi connectivity index (χ3n) is 1.62. The molecule has 0 saturated heterocycles. The fraction of sp³-hybridized carbons (Fsp3) is 0.400. The van der Waals surface area contributed by atoms with Crippen molar-refractivity contribution in [2.75, 3.05) is 13.7 Å². The average Bonchev–Trinajstić information content (AvgIpc) is 2.15. The highest BCUT2D eigenvalue weighted by molar-refractivity contribution is 9.10. The van der Waals surface area contributed by atoms with Gasteiger partial charge < -0.3 is 14.6 Å². The number of aliphatic hydroxyl groups excluding tert-OH is 1. The van der Waals surface area contributed by atoms with Gasteiger partial charge in [-0.25, -0.2) is 0 Å². The molecule has 14 heavy (non-hydrogen) atoms. The van der Waals surface area contributed by atoms with Gasteiger partial charge in [-0.3, -0.25) is 0 Å². The van der Waals surface area contributed by atoms with Crippen molar-refractivity contribution in [3.63, 3.8) is 0 Å². The Kier molecular flexibility index (Phi) is 4.22. The lowest BCUT2D eigenvalue weighted by Gasteiger charge is -2.13. The molecule has 0 amide bonds. The highest BCUT2D eigenvalue weighted by Gasteiger charge is 2.09. The molecule has 0 spiro atoms. The van der Waals surface area contributed by atoms with E-state index in [0.717, 1.165) is 4.47 Å². The molecule has 0 fully saturated rings. The maximum absolute atomic E-state index is 9.09. The molecule has 1 atom stereocenters. The molecule has 0 saturated carbocycles. The number of benzene rings is 1. The summed E-state index contributed by atoms with van der Waals surface area (Å²) in [6, 6.07) is 5.53. The summed E-state index contributed by atoms with van der Waals surface area (Å²) in [5.74, 6) is 1.27. The molecule has 0 bridgehead atoms. The lowest BCUT2D eigenvalue weighted by atomic mass is 10.3. The van der Waals surface area contributed by atoms with Crippen molar-refractivity contribution in [3.8, 4) is 11.5 Å². The van der Waals surface area contributed by atoms with Crippen LogP contribution in [0, 0.1) is 0 Å². The molecule has 1 N–H and O–H groups in total. The molecule has 1 unspecified atom stereocenters. The van der Waals surface area contributed by atoms with Crippen molar-refractivity contribution >= 4 is 15.9 Å². The minimum atomic E-state index is -0.494. The summed E-state index contributed by atoms with van der Waals surface area (Å²) < 4.78 is 11.3. The summed E-state index contributed by atoms with van der Waals surface area (Å²) >= 11 is 3.35. The Bertz CT molecular complexity index is 299. The average molecular weight is 261 g/mol. The van der Waals surface area contributed by atoms with Crippen LogP contribution in [0.25, 0.3) is 0 Å². The van der Waals surface area contributed by atoms with Crippen molar-refractivity contribution in [1.29, 1.82) is 0 Å². The van der Waals surface area contributed by atoms with Crippen LogP contribution in [-0.2, 0) is 0 Å². The summed E-state index contributed by atoms with van der Waals surface area (Å²) in [4.78, 5) is 0. The van der Waals surface area contributed by atoms with Crippen molar-refractivity contribution in [2.24, 2.45) is 0 Å². The molecule has 4 heteroatoms. The maximum Gasteiger partial charge on any atom is 0.175 e. The van der Waals surface area contributed by atoms with E-state index < -0.39 is 6.10 Å². The second kappa shape index (κ2) is 5.22. The van der Waals surface area contributed by atoms with Crippen LogP contribution in [0.4, 0.5) is 0 Å². The van der Waals surface area contributed by atoms with Gasteiger partial charge in [0.2, 0.25) is 0 Å². The van der Waals surface area contributed by atoms with Crippen molar-refractivity contribution < 1.29 is 14.6 Å². The monoisotopic (exact) mass is 260 g/mol. The number of aliphatic hydroxyl groups is 1. The van der Waals surface area contributed by atoms with Crippen molar-refractivity contribution in [1.82, 2.24) is 0 Å². The van der Waals surface area contributed by atoms with Crippen LogP contribution in [0.15, 0.2) is 22.7 Å². The lowest BCUT2D eigenvalue weighted by molar-refractivity contribution is 0.120. The summed E-state index contributed by atoms with van der Waals surface area (Å²) in [5.41, 5.74) is 0. The Labute approximate surface area is 91.8 Å². The van der Waals surface area contributed by atoms with E-state index in [1.54, 1.807) is 14.0 Å². The van der Waals surface area contributed by atoms with Crippen LogP contribution in [0.1, 0.15) is 6.92 Å². The zero-order chi connectivity index (χ0) is 10.6. The van der Waals surface area contributed by atoms with Gasteiger partial charge in [-0.1, -0.05) is 6.07 Å². The molecule has 1 rings (SSSR count). The van der Waals surface area contributed by atoms with Gasteiger partial charge in [0, 0.05) is 0 Å². The van der Waals surface area contributed by atoms with E-state index in [2.05, 4.69) is 15.9 Å². The second-order valence-corrected chi connectivity index (χ2v) is 3.79. The molecule has 0 heterocycles. The van der Waals surface area contributed by atoms with Crippen LogP contribution in [0.5, 0.6) is 11.5 Å². The molecule has 0 aromatic heterocycles. The molecular weight excluding hydrogens is 248 g/mol. The minimum Gasteiger partial charge on any atom is -0.493 e. The summed E-state index contributed by atoms with van der Waals surface area (Å²) in [6.07, 6.45) is -0.494. The topological polar surface area (TPSA) is 38.7 Å². The van der Waals surface area contributed by atoms with Gasteiger partial charge in [0.15, 0.2) is 11.5 Å². The van der Waals surface area contributed by atoms with Crippen LogP contribution in [0.2, 0.25) is 0 Å². The smallest absolute Gasteiger partial charge is 0.175 e. The van der Waals surface area contributed by atoms with Crippen molar-refractivity contribution in [3.05, 3.63) is 22.7 Å². The first kappa shape index (κ1) is 11.3. The first-order valence-electron chi connectivity index (χ1n) is 4.28. The predicted octanol–water partition coefficient (Wildman–Crippen LogP) is 2.22. The summed E-state index contributed by atoms with van der Waals surface area (Å²) in [7, 11) is 1.58. The zero-order valence-corrected chi connectivity index (χ0v) is 9.74. The number of rotatable bonds is 4. The Morgan fingerprint density at radius 1 is 1.50 bits per heavy atom. The Morgan fingerprint density at radius 2 is 2.21 bits per heavy atom. The molecule has 0 aliphatic rings. The summed E-state index contributed by atoms with van der Waals surface area (Å²) in [5, 5.41) is 9.09. The number of halogens is 1. The lowest BCUT2D eigenvalue weighted by Crippen LogP contribution is -2.13. The Morgan fingerprint density at radius 3 is 2.79 bits per heavy atom. The third kappa shape index (κ3) is 2.89. The molecule has 0 aliphatic carbocycles. The van der Waals surface area contributed by atoms with Crippen LogP contribution in [0.3, 0.4) is 0 Å². The number of ether oxygens (including phenoxy) is 2. The maximum atomic E-state index is 9.09.